The average Bonchev–Trinajstić information content (AvgIpc) is 2.79. The van der Waals surface area contributed by atoms with Crippen LogP contribution in [0.25, 0.3) is 0 Å². The Morgan fingerprint density at radius 3 is 2.68 bits per heavy atom. The maximum atomic E-state index is 12.5. The zero-order valence-electron chi connectivity index (χ0n) is 11.9. The number of nitrogens with two attached hydrogens (primary N) is 1. The molecular weight excluding hydrogens is 240 g/mol. The van der Waals surface area contributed by atoms with Crippen molar-refractivity contribution < 1.29 is 9.53 Å². The van der Waals surface area contributed by atoms with Crippen molar-refractivity contribution in [3.05, 3.63) is 0 Å². The van der Waals surface area contributed by atoms with Crippen molar-refractivity contribution in [2.75, 3.05) is 20.2 Å². The minimum Gasteiger partial charge on any atom is -0.378 e. The van der Waals surface area contributed by atoms with Gasteiger partial charge in [-0.05, 0) is 43.9 Å². The van der Waals surface area contributed by atoms with Crippen molar-refractivity contribution in [3.63, 3.8) is 0 Å². The zero-order chi connectivity index (χ0) is 13.5. The summed E-state index contributed by atoms with van der Waals surface area (Å²) in [7, 11) is 1.74. The van der Waals surface area contributed by atoms with Crippen LogP contribution in [-0.4, -0.2) is 42.6 Å². The minimum absolute atomic E-state index is 0.146. The van der Waals surface area contributed by atoms with Gasteiger partial charge in [0.15, 0.2) is 0 Å². The smallest absolute Gasteiger partial charge is 0.225 e. The van der Waals surface area contributed by atoms with Crippen molar-refractivity contribution >= 4 is 5.91 Å². The summed E-state index contributed by atoms with van der Waals surface area (Å²) in [4.78, 5) is 14.5. The first-order valence-electron chi connectivity index (χ1n) is 7.72. The van der Waals surface area contributed by atoms with E-state index in [9.17, 15) is 4.79 Å². The van der Waals surface area contributed by atoms with Gasteiger partial charge in [-0.3, -0.25) is 4.79 Å². The lowest BCUT2D eigenvalue weighted by Gasteiger charge is -2.40. The van der Waals surface area contributed by atoms with Gasteiger partial charge >= 0.3 is 0 Å². The van der Waals surface area contributed by atoms with Gasteiger partial charge in [0.25, 0.3) is 0 Å². The lowest BCUT2D eigenvalue weighted by molar-refractivity contribution is -0.143. The van der Waals surface area contributed by atoms with Crippen molar-refractivity contribution in [2.24, 2.45) is 17.6 Å². The lowest BCUT2D eigenvalue weighted by Crippen LogP contribution is -2.45. The Morgan fingerprint density at radius 2 is 2.11 bits per heavy atom. The highest BCUT2D eigenvalue weighted by Crippen LogP contribution is 2.40. The van der Waals surface area contributed by atoms with Gasteiger partial charge in [0, 0.05) is 26.2 Å². The molecule has 3 aliphatic rings. The quantitative estimate of drug-likeness (QED) is 0.843. The molecule has 19 heavy (non-hydrogen) atoms. The molecular formula is C15H26N2O2. The molecule has 0 aromatic rings. The molecule has 1 aliphatic heterocycles. The van der Waals surface area contributed by atoms with Crippen LogP contribution in [0.15, 0.2) is 0 Å². The van der Waals surface area contributed by atoms with Gasteiger partial charge in [-0.1, -0.05) is 6.42 Å². The fraction of sp³-hybridized carbons (Fsp3) is 0.933. The summed E-state index contributed by atoms with van der Waals surface area (Å²) in [6.07, 6.45) is 7.44. The maximum absolute atomic E-state index is 12.5. The molecule has 1 saturated heterocycles. The molecule has 2 aliphatic carbocycles. The predicted molar refractivity (Wildman–Crippen MR) is 73.6 cm³/mol. The first-order valence-corrected chi connectivity index (χ1v) is 7.72. The highest BCUT2D eigenvalue weighted by molar-refractivity contribution is 5.77. The van der Waals surface area contributed by atoms with Crippen LogP contribution >= 0.6 is 0 Å². The van der Waals surface area contributed by atoms with E-state index in [0.29, 0.717) is 24.3 Å². The lowest BCUT2D eigenvalue weighted by atomic mass is 9.77. The summed E-state index contributed by atoms with van der Waals surface area (Å²) < 4.78 is 5.57. The molecule has 4 heteroatoms. The monoisotopic (exact) mass is 266 g/mol. The second-order valence-electron chi connectivity index (χ2n) is 6.73. The number of hydrogen-bond acceptors (Lipinski definition) is 3. The molecule has 1 heterocycles. The summed E-state index contributed by atoms with van der Waals surface area (Å²) in [6.45, 7) is 1.81. The van der Waals surface area contributed by atoms with Crippen LogP contribution in [0, 0.1) is 11.8 Å². The van der Waals surface area contributed by atoms with E-state index < -0.39 is 0 Å². The number of amides is 1. The highest BCUT2D eigenvalue weighted by Gasteiger charge is 2.44. The molecule has 3 unspecified atom stereocenters. The Hall–Kier alpha value is -0.610. The van der Waals surface area contributed by atoms with E-state index in [0.717, 1.165) is 32.4 Å². The SMILES string of the molecule is COC1(CC(=O)N2CC3CCCC(N)C3C2)CCC1. The molecule has 3 fully saturated rings. The van der Waals surface area contributed by atoms with E-state index in [1.54, 1.807) is 7.11 Å². The Bertz CT molecular complexity index is 349. The van der Waals surface area contributed by atoms with Crippen molar-refractivity contribution in [1.29, 1.82) is 0 Å². The van der Waals surface area contributed by atoms with Gasteiger partial charge in [0.2, 0.25) is 5.91 Å². The van der Waals surface area contributed by atoms with Crippen LogP contribution in [0.5, 0.6) is 0 Å². The second-order valence-corrected chi connectivity index (χ2v) is 6.73. The number of likely N-dealkylation sites (tertiary alicyclic amines) is 1. The van der Waals surface area contributed by atoms with E-state index in [4.69, 9.17) is 10.5 Å². The van der Waals surface area contributed by atoms with E-state index in [2.05, 4.69) is 4.90 Å². The summed E-state index contributed by atoms with van der Waals surface area (Å²) in [5, 5.41) is 0. The third kappa shape index (κ3) is 2.40. The van der Waals surface area contributed by atoms with E-state index in [1.165, 1.54) is 19.3 Å². The van der Waals surface area contributed by atoms with Gasteiger partial charge in [-0.25, -0.2) is 0 Å². The van der Waals surface area contributed by atoms with Crippen LogP contribution in [0.2, 0.25) is 0 Å². The van der Waals surface area contributed by atoms with Gasteiger partial charge in [0.1, 0.15) is 0 Å². The summed E-state index contributed by atoms with van der Waals surface area (Å²) >= 11 is 0. The largest absolute Gasteiger partial charge is 0.378 e. The molecule has 3 atom stereocenters. The van der Waals surface area contributed by atoms with Crippen LogP contribution in [0.3, 0.4) is 0 Å². The standard InChI is InChI=1S/C15H26N2O2/c1-19-15(6-3-7-15)8-14(18)17-9-11-4-2-5-13(16)12(11)10-17/h11-13H,2-10,16H2,1H3. The van der Waals surface area contributed by atoms with Crippen LogP contribution in [0.4, 0.5) is 0 Å². The van der Waals surface area contributed by atoms with Crippen LogP contribution in [-0.2, 0) is 9.53 Å². The Balaban J connectivity index is 1.59. The fourth-order valence-corrected chi connectivity index (χ4v) is 4.13. The summed E-state index contributed by atoms with van der Waals surface area (Å²) in [5.74, 6) is 1.47. The molecule has 2 saturated carbocycles. The topological polar surface area (TPSA) is 55.6 Å². The van der Waals surface area contributed by atoms with Crippen LogP contribution in [0.1, 0.15) is 44.9 Å². The molecule has 108 valence electrons. The number of fused-ring (bicyclic) bond motifs is 1. The number of carbonyl (C=O) groups excluding carboxylic acids is 1. The molecule has 0 spiro atoms. The number of carbonyl (C=O) groups is 1. The maximum Gasteiger partial charge on any atom is 0.225 e. The normalized spacial score (nSPS) is 36.7. The predicted octanol–water partition coefficient (Wildman–Crippen LogP) is 1.53. The van der Waals surface area contributed by atoms with Gasteiger partial charge in [-0.15, -0.1) is 0 Å². The molecule has 0 aromatic carbocycles. The Kier molecular flexibility index (Phi) is 3.56. The molecule has 0 radical (unpaired) electrons. The minimum atomic E-state index is -0.146. The third-order valence-corrected chi connectivity index (χ3v) is 5.68. The van der Waals surface area contributed by atoms with Gasteiger partial charge in [0.05, 0.1) is 12.0 Å². The fourth-order valence-electron chi connectivity index (χ4n) is 4.13. The second kappa shape index (κ2) is 5.06. The van der Waals surface area contributed by atoms with E-state index in [-0.39, 0.29) is 11.5 Å². The molecule has 2 N–H and O–H groups in total. The molecule has 1 amide bonds. The van der Waals surface area contributed by atoms with Crippen molar-refractivity contribution in [2.45, 2.75) is 56.6 Å². The molecule has 4 nitrogen and oxygen atoms in total. The van der Waals surface area contributed by atoms with Crippen LogP contribution < -0.4 is 5.73 Å². The van der Waals surface area contributed by atoms with Gasteiger partial charge < -0.3 is 15.4 Å². The summed E-state index contributed by atoms with van der Waals surface area (Å²) in [6, 6.07) is 0.302. The first-order chi connectivity index (χ1) is 9.13. The summed E-state index contributed by atoms with van der Waals surface area (Å²) in [5.41, 5.74) is 6.06. The number of nitrogens with zero attached hydrogens (tertiary/aromatic N) is 1. The Morgan fingerprint density at radius 1 is 1.32 bits per heavy atom. The number of methoxy groups -OCH3 is 1. The number of hydrogen-bond donors (Lipinski definition) is 1. The van der Waals surface area contributed by atoms with Gasteiger partial charge in [-0.2, -0.15) is 0 Å². The first kappa shape index (κ1) is 13.4. The number of rotatable bonds is 3. The van der Waals surface area contributed by atoms with E-state index >= 15 is 0 Å². The Labute approximate surface area is 115 Å². The highest BCUT2D eigenvalue weighted by atomic mass is 16.5. The molecule has 3 rings (SSSR count). The zero-order valence-corrected chi connectivity index (χ0v) is 11.9. The third-order valence-electron chi connectivity index (χ3n) is 5.68. The molecule has 0 aromatic heterocycles. The van der Waals surface area contributed by atoms with Crippen molar-refractivity contribution in [1.82, 2.24) is 4.90 Å². The van der Waals surface area contributed by atoms with Crippen molar-refractivity contribution in [3.8, 4) is 0 Å². The average molecular weight is 266 g/mol. The van der Waals surface area contributed by atoms with E-state index in [1.807, 2.05) is 0 Å². The number of ether oxygens (including phenoxy) is 1. The molecule has 0 bridgehead atoms.